The minimum Gasteiger partial charge on any atom is -0.357 e. The maximum Gasteiger partial charge on any atom is 0.191 e. The lowest BCUT2D eigenvalue weighted by Crippen LogP contribution is -2.50. The van der Waals surface area contributed by atoms with Gasteiger partial charge in [0.05, 0.1) is 12.2 Å². The van der Waals surface area contributed by atoms with E-state index >= 15 is 0 Å². The number of hydrogen-bond acceptors (Lipinski definition) is 3. The maximum atomic E-state index is 4.98. The molecule has 3 rings (SSSR count). The highest BCUT2D eigenvalue weighted by molar-refractivity contribution is 5.80. The quantitative estimate of drug-likeness (QED) is 0.529. The Balaban J connectivity index is 1.64. The number of benzene rings is 1. The molecule has 0 bridgehead atoms. The van der Waals surface area contributed by atoms with Crippen molar-refractivity contribution in [1.29, 1.82) is 0 Å². The molecule has 1 unspecified atom stereocenters. The fourth-order valence-corrected chi connectivity index (χ4v) is 4.41. The van der Waals surface area contributed by atoms with E-state index in [9.17, 15) is 0 Å². The third-order valence-electron chi connectivity index (χ3n) is 6.51. The number of fused-ring (bicyclic) bond motifs is 1. The van der Waals surface area contributed by atoms with Crippen molar-refractivity contribution in [1.82, 2.24) is 25.3 Å². The van der Waals surface area contributed by atoms with Gasteiger partial charge in [-0.05, 0) is 71.1 Å². The van der Waals surface area contributed by atoms with Gasteiger partial charge in [-0.2, -0.15) is 5.10 Å². The van der Waals surface area contributed by atoms with Gasteiger partial charge in [-0.25, -0.2) is 0 Å². The van der Waals surface area contributed by atoms with Crippen molar-refractivity contribution in [2.45, 2.75) is 72.5 Å². The molecule has 31 heavy (non-hydrogen) atoms. The number of hydrogen-bond donors (Lipinski definition) is 2. The SMILES string of the molecule is CCNC(=NCC(C)(C)N1CCc2ccccc2C1)NC(C)Cc1c(C)nn(C)c1C. The summed E-state index contributed by atoms with van der Waals surface area (Å²) in [4.78, 5) is 7.54. The van der Waals surface area contributed by atoms with Crippen LogP contribution < -0.4 is 10.6 Å². The molecule has 2 N–H and O–H groups in total. The third-order valence-corrected chi connectivity index (χ3v) is 6.51. The Labute approximate surface area is 188 Å². The van der Waals surface area contributed by atoms with Gasteiger partial charge in [-0.3, -0.25) is 14.6 Å². The lowest BCUT2D eigenvalue weighted by atomic mass is 9.94. The molecular formula is C25H40N6. The summed E-state index contributed by atoms with van der Waals surface area (Å²) >= 11 is 0. The van der Waals surface area contributed by atoms with Crippen LogP contribution in [0, 0.1) is 13.8 Å². The van der Waals surface area contributed by atoms with E-state index in [1.54, 1.807) is 0 Å². The van der Waals surface area contributed by atoms with Crippen LogP contribution >= 0.6 is 0 Å². The Kier molecular flexibility index (Phi) is 7.42. The second kappa shape index (κ2) is 9.86. The summed E-state index contributed by atoms with van der Waals surface area (Å²) in [7, 11) is 2.01. The average Bonchev–Trinajstić information content (AvgIpc) is 2.98. The Morgan fingerprint density at radius 1 is 1.23 bits per heavy atom. The molecule has 0 fully saturated rings. The highest BCUT2D eigenvalue weighted by Gasteiger charge is 2.29. The molecule has 1 aromatic carbocycles. The largest absolute Gasteiger partial charge is 0.357 e. The first-order chi connectivity index (χ1) is 14.7. The predicted molar refractivity (Wildman–Crippen MR) is 130 cm³/mol. The van der Waals surface area contributed by atoms with Gasteiger partial charge in [0.2, 0.25) is 0 Å². The van der Waals surface area contributed by atoms with Crippen LogP contribution in [0.2, 0.25) is 0 Å². The molecule has 1 aromatic heterocycles. The average molecular weight is 425 g/mol. The molecule has 1 aliphatic rings. The Morgan fingerprint density at radius 2 is 1.94 bits per heavy atom. The van der Waals surface area contributed by atoms with Crippen LogP contribution in [0.4, 0.5) is 0 Å². The Bertz CT molecular complexity index is 911. The van der Waals surface area contributed by atoms with Gasteiger partial charge in [0.25, 0.3) is 0 Å². The maximum absolute atomic E-state index is 4.98. The second-order valence-electron chi connectivity index (χ2n) is 9.47. The standard InChI is InChI=1S/C25H40N6/c1-8-26-24(28-18(2)15-23-19(3)29-30(7)20(23)4)27-17-25(5,6)31-14-13-21-11-9-10-12-22(21)16-31/h9-12,18H,8,13-17H2,1-7H3,(H2,26,27,28). The monoisotopic (exact) mass is 424 g/mol. The van der Waals surface area contributed by atoms with E-state index in [1.165, 1.54) is 22.4 Å². The smallest absolute Gasteiger partial charge is 0.191 e. The minimum absolute atomic E-state index is 0.00432. The normalized spacial score (nSPS) is 16.2. The van der Waals surface area contributed by atoms with Crippen molar-refractivity contribution in [3.05, 3.63) is 52.3 Å². The van der Waals surface area contributed by atoms with Gasteiger partial charge in [0, 0.05) is 44.0 Å². The summed E-state index contributed by atoms with van der Waals surface area (Å²) in [6.45, 7) is 16.9. The summed E-state index contributed by atoms with van der Waals surface area (Å²) in [6, 6.07) is 9.08. The first-order valence-electron chi connectivity index (χ1n) is 11.6. The molecule has 0 radical (unpaired) electrons. The van der Waals surface area contributed by atoms with Gasteiger partial charge in [-0.1, -0.05) is 24.3 Å². The van der Waals surface area contributed by atoms with Crippen molar-refractivity contribution >= 4 is 5.96 Å². The van der Waals surface area contributed by atoms with Gasteiger partial charge in [0.15, 0.2) is 5.96 Å². The molecule has 0 aliphatic carbocycles. The summed E-state index contributed by atoms with van der Waals surface area (Å²) in [5, 5.41) is 11.6. The van der Waals surface area contributed by atoms with E-state index in [-0.39, 0.29) is 11.6 Å². The van der Waals surface area contributed by atoms with Crippen molar-refractivity contribution in [3.8, 4) is 0 Å². The van der Waals surface area contributed by atoms with Crippen LogP contribution in [-0.2, 0) is 26.4 Å². The second-order valence-corrected chi connectivity index (χ2v) is 9.47. The highest BCUT2D eigenvalue weighted by Crippen LogP contribution is 2.25. The molecule has 2 heterocycles. The van der Waals surface area contributed by atoms with Crippen LogP contribution in [0.5, 0.6) is 0 Å². The molecule has 170 valence electrons. The predicted octanol–water partition coefficient (Wildman–Crippen LogP) is 3.36. The molecule has 0 saturated heterocycles. The van der Waals surface area contributed by atoms with Crippen molar-refractivity contribution in [2.75, 3.05) is 19.6 Å². The fourth-order valence-electron chi connectivity index (χ4n) is 4.41. The molecule has 6 nitrogen and oxygen atoms in total. The van der Waals surface area contributed by atoms with Crippen molar-refractivity contribution < 1.29 is 0 Å². The van der Waals surface area contributed by atoms with E-state index in [0.29, 0.717) is 0 Å². The van der Waals surface area contributed by atoms with E-state index in [4.69, 9.17) is 4.99 Å². The van der Waals surface area contributed by atoms with Gasteiger partial charge in [-0.15, -0.1) is 0 Å². The van der Waals surface area contributed by atoms with Crippen LogP contribution in [0.15, 0.2) is 29.3 Å². The van der Waals surface area contributed by atoms with Gasteiger partial charge < -0.3 is 10.6 Å². The first-order valence-corrected chi connectivity index (χ1v) is 11.6. The zero-order valence-corrected chi connectivity index (χ0v) is 20.4. The highest BCUT2D eigenvalue weighted by atomic mass is 15.3. The molecule has 0 spiro atoms. The molecule has 1 atom stereocenters. The number of nitrogens with zero attached hydrogens (tertiary/aromatic N) is 4. The molecule has 2 aromatic rings. The summed E-state index contributed by atoms with van der Waals surface area (Å²) < 4.78 is 1.97. The number of aryl methyl sites for hydroxylation is 2. The number of nitrogens with one attached hydrogen (secondary N) is 2. The van der Waals surface area contributed by atoms with E-state index in [1.807, 2.05) is 11.7 Å². The van der Waals surface area contributed by atoms with E-state index < -0.39 is 0 Å². The van der Waals surface area contributed by atoms with Crippen molar-refractivity contribution in [2.24, 2.45) is 12.0 Å². The molecule has 0 saturated carbocycles. The van der Waals surface area contributed by atoms with Gasteiger partial charge in [0.1, 0.15) is 0 Å². The summed E-state index contributed by atoms with van der Waals surface area (Å²) in [5.74, 6) is 0.889. The molecule has 0 amide bonds. The van der Waals surface area contributed by atoms with Crippen LogP contribution in [-0.4, -0.2) is 51.9 Å². The molecule has 6 heteroatoms. The zero-order chi connectivity index (χ0) is 22.6. The minimum atomic E-state index is -0.00432. The number of aromatic nitrogens is 2. The van der Waals surface area contributed by atoms with Crippen LogP contribution in [0.1, 0.15) is 55.8 Å². The molecule has 1 aliphatic heterocycles. The number of aliphatic imine (C=N–C) groups is 1. The number of guanidine groups is 1. The fraction of sp³-hybridized carbons (Fsp3) is 0.600. The lowest BCUT2D eigenvalue weighted by Gasteiger charge is -2.41. The summed E-state index contributed by atoms with van der Waals surface area (Å²) in [6.07, 6.45) is 2.05. The third kappa shape index (κ3) is 5.67. The lowest BCUT2D eigenvalue weighted by molar-refractivity contribution is 0.111. The summed E-state index contributed by atoms with van der Waals surface area (Å²) in [5.41, 5.74) is 6.61. The first kappa shape index (κ1) is 23.3. The van der Waals surface area contributed by atoms with Crippen molar-refractivity contribution in [3.63, 3.8) is 0 Å². The van der Waals surface area contributed by atoms with Gasteiger partial charge >= 0.3 is 0 Å². The Morgan fingerprint density at radius 3 is 2.58 bits per heavy atom. The van der Waals surface area contributed by atoms with Crippen LogP contribution in [0.3, 0.4) is 0 Å². The Hall–Kier alpha value is -2.34. The van der Waals surface area contributed by atoms with E-state index in [0.717, 1.165) is 50.7 Å². The topological polar surface area (TPSA) is 57.5 Å². The number of rotatable bonds is 7. The van der Waals surface area contributed by atoms with E-state index in [2.05, 4.69) is 86.4 Å². The van der Waals surface area contributed by atoms with Crippen LogP contribution in [0.25, 0.3) is 0 Å². The zero-order valence-electron chi connectivity index (χ0n) is 20.4. The molecular weight excluding hydrogens is 384 g/mol.